The minimum atomic E-state index is 0.671. The maximum absolute atomic E-state index is 4.17. The van der Waals surface area contributed by atoms with Crippen molar-refractivity contribution in [2.75, 3.05) is 0 Å². The summed E-state index contributed by atoms with van der Waals surface area (Å²) in [6.45, 7) is 6.00. The summed E-state index contributed by atoms with van der Waals surface area (Å²) in [6.07, 6.45) is 4.37. The van der Waals surface area contributed by atoms with Crippen LogP contribution in [-0.4, -0.2) is 4.98 Å². The highest BCUT2D eigenvalue weighted by molar-refractivity contribution is 5.37. The largest absolute Gasteiger partial charge is 0.260 e. The Morgan fingerprint density at radius 3 is 2.64 bits per heavy atom. The summed E-state index contributed by atoms with van der Waals surface area (Å²) in [7, 11) is 0. The van der Waals surface area contributed by atoms with E-state index in [1.54, 1.807) is 6.20 Å². The summed E-state index contributed by atoms with van der Waals surface area (Å²) >= 11 is 0. The number of nitrogens with zero attached hydrogens (tertiary/aromatic N) is 1. The predicted octanol–water partition coefficient (Wildman–Crippen LogP) is 3.18. The van der Waals surface area contributed by atoms with Gasteiger partial charge in [-0.1, -0.05) is 25.7 Å². The van der Waals surface area contributed by atoms with Gasteiger partial charge in [0, 0.05) is 17.7 Å². The van der Waals surface area contributed by atoms with E-state index in [1.165, 1.54) is 12.8 Å². The van der Waals surface area contributed by atoms with Gasteiger partial charge in [-0.2, -0.15) is 0 Å². The highest BCUT2D eigenvalue weighted by Gasteiger charge is 2.17. The zero-order valence-corrected chi connectivity index (χ0v) is 9.17. The van der Waals surface area contributed by atoms with E-state index in [0.29, 0.717) is 5.92 Å². The zero-order valence-electron chi connectivity index (χ0n) is 9.17. The van der Waals surface area contributed by atoms with E-state index in [9.17, 15) is 0 Å². The fourth-order valence-corrected chi connectivity index (χ4v) is 1.02. The molecule has 0 radical (unpaired) electrons. The SMILES string of the molecule is CC.Cc1ncccc1C#CC1CC1. The van der Waals surface area contributed by atoms with Gasteiger partial charge in [0.15, 0.2) is 0 Å². The van der Waals surface area contributed by atoms with E-state index in [4.69, 9.17) is 0 Å². The lowest BCUT2D eigenvalue weighted by molar-refractivity contribution is 1.17. The van der Waals surface area contributed by atoms with E-state index >= 15 is 0 Å². The molecular weight excluding hydrogens is 170 g/mol. The van der Waals surface area contributed by atoms with Crippen LogP contribution in [0.4, 0.5) is 0 Å². The highest BCUT2D eigenvalue weighted by Crippen LogP contribution is 2.27. The quantitative estimate of drug-likeness (QED) is 0.568. The van der Waals surface area contributed by atoms with Crippen LogP contribution in [0.2, 0.25) is 0 Å². The molecule has 0 saturated heterocycles. The Morgan fingerprint density at radius 1 is 1.36 bits per heavy atom. The molecule has 0 bridgehead atoms. The number of rotatable bonds is 0. The normalized spacial score (nSPS) is 13.4. The van der Waals surface area contributed by atoms with Crippen LogP contribution in [0.15, 0.2) is 18.3 Å². The third kappa shape index (κ3) is 3.22. The average molecular weight is 187 g/mol. The first-order valence-corrected chi connectivity index (χ1v) is 5.29. The number of hydrogen-bond acceptors (Lipinski definition) is 1. The minimum absolute atomic E-state index is 0.671. The monoisotopic (exact) mass is 187 g/mol. The van der Waals surface area contributed by atoms with Gasteiger partial charge < -0.3 is 0 Å². The van der Waals surface area contributed by atoms with Crippen molar-refractivity contribution < 1.29 is 0 Å². The molecule has 0 aromatic carbocycles. The topological polar surface area (TPSA) is 12.9 Å². The molecule has 0 aliphatic heterocycles. The fraction of sp³-hybridized carbons (Fsp3) is 0.462. The maximum Gasteiger partial charge on any atom is 0.0528 e. The smallest absolute Gasteiger partial charge is 0.0528 e. The van der Waals surface area contributed by atoms with Gasteiger partial charge in [0.05, 0.1) is 5.69 Å². The van der Waals surface area contributed by atoms with Crippen molar-refractivity contribution >= 4 is 0 Å². The van der Waals surface area contributed by atoms with Crippen molar-refractivity contribution in [3.8, 4) is 11.8 Å². The summed E-state index contributed by atoms with van der Waals surface area (Å²) in [6, 6.07) is 3.96. The standard InChI is InChI=1S/C11H11N.C2H6/c1-9-11(3-2-8-12-9)7-6-10-4-5-10;1-2/h2-3,8,10H,4-5H2,1H3;1-2H3. The third-order valence-corrected chi connectivity index (χ3v) is 2.00. The van der Waals surface area contributed by atoms with Crippen LogP contribution in [0.5, 0.6) is 0 Å². The lowest BCUT2D eigenvalue weighted by Crippen LogP contribution is -1.84. The fourth-order valence-electron chi connectivity index (χ4n) is 1.02. The summed E-state index contributed by atoms with van der Waals surface area (Å²) in [5.41, 5.74) is 2.11. The zero-order chi connectivity index (χ0) is 10.4. The first-order valence-electron chi connectivity index (χ1n) is 5.29. The number of aromatic nitrogens is 1. The Kier molecular flexibility index (Phi) is 4.19. The van der Waals surface area contributed by atoms with E-state index in [1.807, 2.05) is 32.9 Å². The van der Waals surface area contributed by atoms with Crippen LogP contribution in [0.3, 0.4) is 0 Å². The molecule has 0 unspecified atom stereocenters. The summed E-state index contributed by atoms with van der Waals surface area (Å²) in [4.78, 5) is 4.17. The molecule has 1 aliphatic rings. The van der Waals surface area contributed by atoms with E-state index in [2.05, 4.69) is 16.8 Å². The van der Waals surface area contributed by atoms with Crippen LogP contribution in [0, 0.1) is 24.7 Å². The maximum atomic E-state index is 4.17. The van der Waals surface area contributed by atoms with E-state index < -0.39 is 0 Å². The van der Waals surface area contributed by atoms with Gasteiger partial charge in [0.1, 0.15) is 0 Å². The molecule has 1 heterocycles. The van der Waals surface area contributed by atoms with Gasteiger partial charge in [0.2, 0.25) is 0 Å². The highest BCUT2D eigenvalue weighted by atomic mass is 14.7. The number of pyridine rings is 1. The summed E-state index contributed by atoms with van der Waals surface area (Å²) < 4.78 is 0. The van der Waals surface area contributed by atoms with E-state index in [-0.39, 0.29) is 0 Å². The molecule has 1 aliphatic carbocycles. The minimum Gasteiger partial charge on any atom is -0.260 e. The summed E-state index contributed by atoms with van der Waals surface area (Å²) in [5, 5.41) is 0. The molecule has 14 heavy (non-hydrogen) atoms. The van der Waals surface area contributed by atoms with E-state index in [0.717, 1.165) is 11.3 Å². The predicted molar refractivity (Wildman–Crippen MR) is 59.9 cm³/mol. The van der Waals surface area contributed by atoms with Crippen molar-refractivity contribution in [1.29, 1.82) is 0 Å². The molecule has 0 amide bonds. The Morgan fingerprint density at radius 2 is 2.07 bits per heavy atom. The molecular formula is C13H17N. The van der Waals surface area contributed by atoms with Crippen molar-refractivity contribution in [3.63, 3.8) is 0 Å². The van der Waals surface area contributed by atoms with Gasteiger partial charge in [-0.25, -0.2) is 0 Å². The first-order chi connectivity index (χ1) is 6.86. The molecule has 0 spiro atoms. The van der Waals surface area contributed by atoms with Crippen molar-refractivity contribution in [2.45, 2.75) is 33.6 Å². The third-order valence-electron chi connectivity index (χ3n) is 2.00. The van der Waals surface area contributed by atoms with Crippen LogP contribution >= 0.6 is 0 Å². The van der Waals surface area contributed by atoms with Gasteiger partial charge in [-0.15, -0.1) is 0 Å². The molecule has 1 fully saturated rings. The molecule has 1 nitrogen and oxygen atoms in total. The Balaban J connectivity index is 0.000000461. The molecule has 2 rings (SSSR count). The number of aryl methyl sites for hydroxylation is 1. The van der Waals surface area contributed by atoms with Crippen LogP contribution in [0.25, 0.3) is 0 Å². The van der Waals surface area contributed by atoms with Crippen LogP contribution in [-0.2, 0) is 0 Å². The molecule has 1 heteroatoms. The Bertz CT molecular complexity index is 340. The van der Waals surface area contributed by atoms with Crippen LogP contribution in [0.1, 0.15) is 37.9 Å². The molecule has 0 N–H and O–H groups in total. The number of hydrogen-bond donors (Lipinski definition) is 0. The van der Waals surface area contributed by atoms with Gasteiger partial charge >= 0.3 is 0 Å². The molecule has 1 aromatic heterocycles. The lowest BCUT2D eigenvalue weighted by atomic mass is 10.2. The second-order valence-corrected chi connectivity index (χ2v) is 3.18. The Hall–Kier alpha value is -1.29. The van der Waals surface area contributed by atoms with Crippen molar-refractivity contribution in [2.24, 2.45) is 5.92 Å². The van der Waals surface area contributed by atoms with Gasteiger partial charge in [-0.3, -0.25) is 4.98 Å². The summed E-state index contributed by atoms with van der Waals surface area (Å²) in [5.74, 6) is 7.06. The first kappa shape index (κ1) is 10.8. The van der Waals surface area contributed by atoms with Crippen LogP contribution < -0.4 is 0 Å². The molecule has 1 saturated carbocycles. The molecule has 0 atom stereocenters. The van der Waals surface area contributed by atoms with Gasteiger partial charge in [0.25, 0.3) is 0 Å². The lowest BCUT2D eigenvalue weighted by Gasteiger charge is -1.93. The average Bonchev–Trinajstić information content (AvgIpc) is 3.04. The second kappa shape index (κ2) is 5.44. The van der Waals surface area contributed by atoms with Crippen molar-refractivity contribution in [1.82, 2.24) is 4.98 Å². The molecule has 1 aromatic rings. The van der Waals surface area contributed by atoms with Crippen molar-refractivity contribution in [3.05, 3.63) is 29.6 Å². The molecule has 74 valence electrons. The second-order valence-electron chi connectivity index (χ2n) is 3.18. The Labute approximate surface area is 86.6 Å². The van der Waals surface area contributed by atoms with Gasteiger partial charge in [-0.05, 0) is 31.9 Å².